The van der Waals surface area contributed by atoms with Gasteiger partial charge in [-0.15, -0.1) is 0 Å². The second-order valence-corrected chi connectivity index (χ2v) is 11.0. The summed E-state index contributed by atoms with van der Waals surface area (Å²) in [7, 11) is 0.183. The topological polar surface area (TPSA) is 20.2 Å². The number of benzene rings is 1. The Balaban J connectivity index is 0.00000254. The van der Waals surface area contributed by atoms with Gasteiger partial charge in [0.15, 0.2) is 0 Å². The van der Waals surface area contributed by atoms with Gasteiger partial charge in [0.1, 0.15) is 0 Å². The van der Waals surface area contributed by atoms with Crippen molar-refractivity contribution in [3.63, 3.8) is 0 Å². The van der Waals surface area contributed by atoms with Gasteiger partial charge in [-0.3, -0.25) is 0 Å². The second-order valence-electron chi connectivity index (χ2n) is 6.68. The van der Waals surface area contributed by atoms with Crippen LogP contribution in [0.4, 0.5) is 0 Å². The third kappa shape index (κ3) is 9.00. The molecule has 0 fully saturated rings. The SMILES string of the molecule is C=Cc1ccc(C[P+](CCCC)(CCCC)CCCC)cc1.CO. The van der Waals surface area contributed by atoms with Crippen molar-refractivity contribution in [1.29, 1.82) is 0 Å². The molecule has 0 saturated carbocycles. The van der Waals surface area contributed by atoms with E-state index in [2.05, 4.69) is 51.6 Å². The van der Waals surface area contributed by atoms with Crippen molar-refractivity contribution in [3.05, 3.63) is 42.0 Å². The van der Waals surface area contributed by atoms with E-state index in [0.29, 0.717) is 0 Å². The summed E-state index contributed by atoms with van der Waals surface area (Å²) in [6, 6.07) is 9.15. The summed E-state index contributed by atoms with van der Waals surface area (Å²) in [4.78, 5) is 0. The minimum Gasteiger partial charge on any atom is -0.400 e. The smallest absolute Gasteiger partial charge is 0.0842 e. The zero-order valence-corrected chi connectivity index (χ0v) is 17.5. The molecule has 1 aromatic carbocycles. The highest BCUT2D eigenvalue weighted by Crippen LogP contribution is 2.63. The third-order valence-electron chi connectivity index (χ3n) is 4.69. The molecule has 0 amide bonds. The van der Waals surface area contributed by atoms with E-state index >= 15 is 0 Å². The molecule has 24 heavy (non-hydrogen) atoms. The van der Waals surface area contributed by atoms with Gasteiger partial charge in [0.2, 0.25) is 0 Å². The minimum absolute atomic E-state index is 0.817. The van der Waals surface area contributed by atoms with Crippen molar-refractivity contribution >= 4 is 13.3 Å². The van der Waals surface area contributed by atoms with Crippen molar-refractivity contribution in [2.24, 2.45) is 0 Å². The molecule has 0 bridgehead atoms. The van der Waals surface area contributed by atoms with Crippen LogP contribution >= 0.6 is 7.26 Å². The first-order valence-corrected chi connectivity index (χ1v) is 12.2. The Hall–Kier alpha value is -0.650. The van der Waals surface area contributed by atoms with Crippen LogP contribution in [-0.4, -0.2) is 30.7 Å². The number of aliphatic hydroxyl groups is 1. The zero-order chi connectivity index (χ0) is 18.3. The molecule has 1 aromatic rings. The average Bonchev–Trinajstić information content (AvgIpc) is 2.65. The lowest BCUT2D eigenvalue weighted by atomic mass is 10.1. The Labute approximate surface area is 151 Å². The maximum Gasteiger partial charge on any atom is 0.0842 e. The molecule has 2 heteroatoms. The minimum atomic E-state index is -0.817. The molecule has 0 aliphatic rings. The Bertz CT molecular complexity index is 389. The van der Waals surface area contributed by atoms with Crippen LogP contribution in [0.2, 0.25) is 0 Å². The standard InChI is InChI=1S/C21H36P.CH4O/c1-5-9-16-22(17-10-6-2,18-11-7-3)19-21-14-12-20(8-4)13-15-21;1-2/h8,12-15H,4-7,9-11,16-19H2,1-3H3;2H,1H3/q+1;. The molecule has 0 aliphatic heterocycles. The number of hydrogen-bond acceptors (Lipinski definition) is 1. The highest BCUT2D eigenvalue weighted by Gasteiger charge is 2.35. The monoisotopic (exact) mass is 351 g/mol. The van der Waals surface area contributed by atoms with E-state index in [-0.39, 0.29) is 0 Å². The van der Waals surface area contributed by atoms with Crippen LogP contribution in [0, 0.1) is 0 Å². The van der Waals surface area contributed by atoms with E-state index in [1.807, 2.05) is 6.08 Å². The summed E-state index contributed by atoms with van der Waals surface area (Å²) in [5, 5.41) is 7.00. The summed E-state index contributed by atoms with van der Waals surface area (Å²) in [5.41, 5.74) is 2.80. The molecular weight excluding hydrogens is 311 g/mol. The number of aliphatic hydroxyl groups excluding tert-OH is 1. The lowest BCUT2D eigenvalue weighted by Crippen LogP contribution is -2.11. The van der Waals surface area contributed by atoms with Crippen molar-refractivity contribution in [1.82, 2.24) is 0 Å². The molecule has 0 heterocycles. The fourth-order valence-electron chi connectivity index (χ4n) is 3.20. The quantitative estimate of drug-likeness (QED) is 0.408. The normalized spacial score (nSPS) is 10.9. The van der Waals surface area contributed by atoms with Crippen LogP contribution in [0.15, 0.2) is 30.8 Å². The van der Waals surface area contributed by atoms with E-state index < -0.39 is 7.26 Å². The lowest BCUT2D eigenvalue weighted by Gasteiger charge is -2.28. The number of rotatable bonds is 12. The molecule has 0 aliphatic carbocycles. The Morgan fingerprint density at radius 1 is 0.833 bits per heavy atom. The molecule has 0 spiro atoms. The van der Waals surface area contributed by atoms with Crippen LogP contribution in [0.5, 0.6) is 0 Å². The van der Waals surface area contributed by atoms with E-state index in [1.165, 1.54) is 68.7 Å². The van der Waals surface area contributed by atoms with Gasteiger partial charge in [-0.1, -0.05) is 77.0 Å². The molecule has 1 rings (SSSR count). The van der Waals surface area contributed by atoms with Crippen LogP contribution in [0.25, 0.3) is 6.08 Å². The molecule has 0 saturated heterocycles. The largest absolute Gasteiger partial charge is 0.400 e. The molecule has 138 valence electrons. The Morgan fingerprint density at radius 2 is 1.25 bits per heavy atom. The fraction of sp³-hybridized carbons (Fsp3) is 0.636. The van der Waals surface area contributed by atoms with Gasteiger partial charge in [0.05, 0.1) is 24.6 Å². The van der Waals surface area contributed by atoms with Gasteiger partial charge in [0, 0.05) is 14.4 Å². The predicted octanol–water partition coefficient (Wildman–Crippen LogP) is 6.86. The third-order valence-corrected chi connectivity index (χ3v) is 9.52. The molecule has 0 radical (unpaired) electrons. The highest BCUT2D eigenvalue weighted by atomic mass is 31.2. The first-order chi connectivity index (χ1) is 11.7. The highest BCUT2D eigenvalue weighted by molar-refractivity contribution is 7.75. The summed E-state index contributed by atoms with van der Waals surface area (Å²) < 4.78 is 0. The molecule has 1 nitrogen and oxygen atoms in total. The molecule has 0 aromatic heterocycles. The summed E-state index contributed by atoms with van der Waals surface area (Å²) in [6.45, 7) is 10.9. The van der Waals surface area contributed by atoms with E-state index in [4.69, 9.17) is 5.11 Å². The van der Waals surface area contributed by atoms with Gasteiger partial charge in [0.25, 0.3) is 0 Å². The fourth-order valence-corrected chi connectivity index (χ4v) is 8.29. The number of hydrogen-bond donors (Lipinski definition) is 1. The van der Waals surface area contributed by atoms with Crippen molar-refractivity contribution in [3.8, 4) is 0 Å². The molecule has 1 N–H and O–H groups in total. The first kappa shape index (κ1) is 23.4. The first-order valence-electron chi connectivity index (χ1n) is 9.71. The van der Waals surface area contributed by atoms with Crippen LogP contribution < -0.4 is 0 Å². The average molecular weight is 352 g/mol. The molecular formula is C22H40OP+. The van der Waals surface area contributed by atoms with Gasteiger partial charge in [-0.25, -0.2) is 0 Å². The van der Waals surface area contributed by atoms with E-state index in [0.717, 1.165) is 7.11 Å². The Kier molecular flexibility index (Phi) is 14.3. The van der Waals surface area contributed by atoms with Crippen molar-refractivity contribution in [2.75, 3.05) is 25.6 Å². The maximum absolute atomic E-state index is 7.00. The van der Waals surface area contributed by atoms with Crippen LogP contribution in [0.1, 0.15) is 70.4 Å². The lowest BCUT2D eigenvalue weighted by molar-refractivity contribution is 0.399. The molecule has 0 atom stereocenters. The van der Waals surface area contributed by atoms with E-state index in [9.17, 15) is 0 Å². The van der Waals surface area contributed by atoms with Crippen LogP contribution in [-0.2, 0) is 6.16 Å². The van der Waals surface area contributed by atoms with Gasteiger partial charge < -0.3 is 5.11 Å². The summed E-state index contributed by atoms with van der Waals surface area (Å²) >= 11 is 0. The van der Waals surface area contributed by atoms with Crippen LogP contribution in [0.3, 0.4) is 0 Å². The van der Waals surface area contributed by atoms with Gasteiger partial charge >= 0.3 is 0 Å². The van der Waals surface area contributed by atoms with Gasteiger partial charge in [-0.05, 0) is 30.4 Å². The summed E-state index contributed by atoms with van der Waals surface area (Å²) in [5.74, 6) is 0. The number of unbranched alkanes of at least 4 members (excludes halogenated alkanes) is 3. The maximum atomic E-state index is 7.00. The Morgan fingerprint density at radius 3 is 1.58 bits per heavy atom. The summed E-state index contributed by atoms with van der Waals surface area (Å²) in [6.07, 6.45) is 16.1. The second kappa shape index (κ2) is 14.7. The molecule has 0 unspecified atom stereocenters. The zero-order valence-electron chi connectivity index (χ0n) is 16.6. The van der Waals surface area contributed by atoms with Gasteiger partial charge in [-0.2, -0.15) is 0 Å². The predicted molar refractivity (Wildman–Crippen MR) is 115 cm³/mol. The van der Waals surface area contributed by atoms with Crippen molar-refractivity contribution < 1.29 is 5.11 Å². The van der Waals surface area contributed by atoms with Crippen molar-refractivity contribution in [2.45, 2.75) is 65.5 Å². The van der Waals surface area contributed by atoms with E-state index in [1.54, 1.807) is 5.56 Å².